The maximum atomic E-state index is 12.7. The molecule has 1 atom stereocenters. The molecule has 4 N–H and O–H groups in total. The number of anilines is 3. The van der Waals surface area contributed by atoms with E-state index in [0.717, 1.165) is 12.1 Å². The number of nitrogens with one attached hydrogen (secondary N) is 1. The molecule has 0 saturated heterocycles. The molecule has 1 unspecified atom stereocenters. The van der Waals surface area contributed by atoms with Gasteiger partial charge in [-0.1, -0.05) is 0 Å². The number of hydrogen-bond acceptors (Lipinski definition) is 4. The lowest BCUT2D eigenvalue weighted by molar-refractivity contribution is -0.138. The van der Waals surface area contributed by atoms with Crippen LogP contribution in [0, 0.1) is 0 Å². The zero-order valence-electron chi connectivity index (χ0n) is 14.0. The summed E-state index contributed by atoms with van der Waals surface area (Å²) >= 11 is 0. The van der Waals surface area contributed by atoms with E-state index in [1.807, 2.05) is 0 Å². The lowest BCUT2D eigenvalue weighted by atomic mass is 10.1. The van der Waals surface area contributed by atoms with E-state index in [4.69, 9.17) is 15.6 Å². The van der Waals surface area contributed by atoms with Gasteiger partial charge in [-0.15, -0.1) is 0 Å². The lowest BCUT2D eigenvalue weighted by Gasteiger charge is -2.15. The first-order valence-corrected chi connectivity index (χ1v) is 7.87. The zero-order valence-corrected chi connectivity index (χ0v) is 14.0. The summed E-state index contributed by atoms with van der Waals surface area (Å²) in [5, 5.41) is 11.6. The Kier molecular flexibility index (Phi) is 5.97. The number of nitrogens with two attached hydrogens (primary N) is 1. The molecule has 0 amide bonds. The van der Waals surface area contributed by atoms with Crippen LogP contribution in [0.1, 0.15) is 25.3 Å². The summed E-state index contributed by atoms with van der Waals surface area (Å²) < 4.78 is 43.6. The van der Waals surface area contributed by atoms with Crippen molar-refractivity contribution in [2.45, 2.75) is 32.0 Å². The summed E-state index contributed by atoms with van der Waals surface area (Å²) in [7, 11) is 0. The topological polar surface area (TPSA) is 84.6 Å². The van der Waals surface area contributed by atoms with E-state index >= 15 is 0 Å². The quantitative estimate of drug-likeness (QED) is 0.619. The van der Waals surface area contributed by atoms with Crippen molar-refractivity contribution in [2.75, 3.05) is 11.1 Å². The molecule has 2 aromatic rings. The number of nitrogen functional groups attached to an aromatic ring is 1. The normalized spacial score (nSPS) is 12.5. The highest BCUT2D eigenvalue weighted by molar-refractivity contribution is 5.73. The average molecular weight is 368 g/mol. The van der Waals surface area contributed by atoms with Crippen molar-refractivity contribution in [3.63, 3.8) is 0 Å². The second-order valence-corrected chi connectivity index (χ2v) is 5.81. The Morgan fingerprint density at radius 1 is 1.23 bits per heavy atom. The Balaban J connectivity index is 2.00. The summed E-state index contributed by atoms with van der Waals surface area (Å²) in [6.07, 6.45) is -4.29. The van der Waals surface area contributed by atoms with Crippen LogP contribution in [-0.2, 0) is 11.0 Å². The van der Waals surface area contributed by atoms with Crippen LogP contribution in [0.4, 0.5) is 30.2 Å². The molecule has 26 heavy (non-hydrogen) atoms. The van der Waals surface area contributed by atoms with Gasteiger partial charge in [0.25, 0.3) is 0 Å². The molecule has 8 heteroatoms. The fraction of sp³-hybridized carbons (Fsp3) is 0.278. The van der Waals surface area contributed by atoms with E-state index in [9.17, 15) is 18.0 Å². The van der Waals surface area contributed by atoms with Crippen LogP contribution in [-0.4, -0.2) is 17.2 Å². The van der Waals surface area contributed by atoms with Crippen molar-refractivity contribution < 1.29 is 27.8 Å². The highest BCUT2D eigenvalue weighted by Crippen LogP contribution is 2.34. The highest BCUT2D eigenvalue weighted by Gasteiger charge is 2.30. The number of carbonyl (C=O) groups is 1. The number of benzene rings is 2. The predicted octanol–water partition coefficient (Wildman–Crippen LogP) is 4.66. The van der Waals surface area contributed by atoms with Crippen molar-refractivity contribution in [2.24, 2.45) is 0 Å². The molecule has 0 aliphatic carbocycles. The number of hydrogen-bond donors (Lipinski definition) is 3. The van der Waals surface area contributed by atoms with Crippen molar-refractivity contribution in [3.8, 4) is 5.75 Å². The molecular weight excluding hydrogens is 349 g/mol. The van der Waals surface area contributed by atoms with Crippen LogP contribution in [0.5, 0.6) is 5.75 Å². The molecule has 2 aromatic carbocycles. The largest absolute Gasteiger partial charge is 0.491 e. The fourth-order valence-electron chi connectivity index (χ4n) is 2.24. The van der Waals surface area contributed by atoms with Gasteiger partial charge in [-0.2, -0.15) is 13.2 Å². The Morgan fingerprint density at radius 3 is 2.42 bits per heavy atom. The average Bonchev–Trinajstić information content (AvgIpc) is 2.55. The van der Waals surface area contributed by atoms with Gasteiger partial charge in [0.05, 0.1) is 23.0 Å². The molecule has 0 saturated carbocycles. The van der Waals surface area contributed by atoms with E-state index in [1.54, 1.807) is 31.2 Å². The number of carboxylic acid groups (broad SMARTS) is 1. The summed E-state index contributed by atoms with van der Waals surface area (Å²) in [4.78, 5) is 10.5. The maximum Gasteiger partial charge on any atom is 0.416 e. The maximum absolute atomic E-state index is 12.7. The molecule has 0 spiro atoms. The predicted molar refractivity (Wildman–Crippen MR) is 92.5 cm³/mol. The van der Waals surface area contributed by atoms with Crippen molar-refractivity contribution in [3.05, 3.63) is 48.0 Å². The van der Waals surface area contributed by atoms with Crippen LogP contribution < -0.4 is 15.8 Å². The van der Waals surface area contributed by atoms with Gasteiger partial charge in [0, 0.05) is 12.1 Å². The first-order valence-electron chi connectivity index (χ1n) is 7.87. The smallest absolute Gasteiger partial charge is 0.416 e. The van der Waals surface area contributed by atoms with Crippen LogP contribution in [0.15, 0.2) is 42.5 Å². The molecule has 0 radical (unpaired) electrons. The Hall–Kier alpha value is -2.90. The van der Waals surface area contributed by atoms with E-state index in [0.29, 0.717) is 23.5 Å². The van der Waals surface area contributed by atoms with Crippen molar-refractivity contribution in [1.82, 2.24) is 0 Å². The van der Waals surface area contributed by atoms with Crippen LogP contribution >= 0.6 is 0 Å². The molecule has 0 aliphatic heterocycles. The number of rotatable bonds is 7. The standard InChI is InChI=1S/C18H19F3N2O3/c1-11(2-9-17(24)25)26-14-6-4-13(5-7-14)23-16-8-3-12(10-15(16)22)18(19,20)21/h3-8,10-11,23H,2,9,22H2,1H3,(H,24,25). The minimum Gasteiger partial charge on any atom is -0.491 e. The minimum atomic E-state index is -4.44. The highest BCUT2D eigenvalue weighted by atomic mass is 19.4. The molecule has 2 rings (SSSR count). The van der Waals surface area contributed by atoms with E-state index < -0.39 is 17.7 Å². The summed E-state index contributed by atoms with van der Waals surface area (Å²) in [6.45, 7) is 1.78. The Morgan fingerprint density at radius 2 is 1.88 bits per heavy atom. The summed E-state index contributed by atoms with van der Waals surface area (Å²) in [6, 6.07) is 9.85. The third-order valence-corrected chi connectivity index (χ3v) is 3.61. The van der Waals surface area contributed by atoms with Gasteiger partial charge in [-0.25, -0.2) is 0 Å². The number of alkyl halides is 3. The SMILES string of the molecule is CC(CCC(=O)O)Oc1ccc(Nc2ccc(C(F)(F)F)cc2N)cc1. The molecule has 140 valence electrons. The summed E-state index contributed by atoms with van der Waals surface area (Å²) in [5.74, 6) is -0.317. The first kappa shape index (κ1) is 19.4. The third kappa shape index (κ3) is 5.58. The van der Waals surface area contributed by atoms with Crippen LogP contribution in [0.3, 0.4) is 0 Å². The monoisotopic (exact) mass is 368 g/mol. The molecule has 0 aliphatic rings. The number of carboxylic acids is 1. The molecule has 0 heterocycles. The number of ether oxygens (including phenoxy) is 1. The van der Waals surface area contributed by atoms with Gasteiger partial charge in [-0.3, -0.25) is 4.79 Å². The first-order chi connectivity index (χ1) is 12.1. The molecule has 0 bridgehead atoms. The van der Waals surface area contributed by atoms with Crippen LogP contribution in [0.2, 0.25) is 0 Å². The van der Waals surface area contributed by atoms with Gasteiger partial charge >= 0.3 is 12.1 Å². The fourth-order valence-corrected chi connectivity index (χ4v) is 2.24. The molecule has 0 fully saturated rings. The molecule has 5 nitrogen and oxygen atoms in total. The van der Waals surface area contributed by atoms with Gasteiger partial charge in [0.2, 0.25) is 0 Å². The van der Waals surface area contributed by atoms with E-state index in [2.05, 4.69) is 5.32 Å². The van der Waals surface area contributed by atoms with E-state index in [1.165, 1.54) is 6.07 Å². The second-order valence-electron chi connectivity index (χ2n) is 5.81. The number of halogens is 3. The molecular formula is C18H19F3N2O3. The molecule has 0 aromatic heterocycles. The van der Waals surface area contributed by atoms with Gasteiger partial charge in [0.15, 0.2) is 0 Å². The van der Waals surface area contributed by atoms with E-state index in [-0.39, 0.29) is 18.2 Å². The zero-order chi connectivity index (χ0) is 19.3. The Bertz CT molecular complexity index is 761. The third-order valence-electron chi connectivity index (χ3n) is 3.61. The Labute approximate surface area is 148 Å². The minimum absolute atomic E-state index is 0.0116. The van der Waals surface area contributed by atoms with Crippen LogP contribution in [0.25, 0.3) is 0 Å². The second kappa shape index (κ2) is 7.99. The number of aliphatic carboxylic acids is 1. The van der Waals surface area contributed by atoms with Crippen molar-refractivity contribution in [1.29, 1.82) is 0 Å². The van der Waals surface area contributed by atoms with Crippen molar-refractivity contribution >= 4 is 23.0 Å². The lowest BCUT2D eigenvalue weighted by Crippen LogP contribution is -2.13. The van der Waals surface area contributed by atoms with Gasteiger partial charge < -0.3 is 20.9 Å². The summed E-state index contributed by atoms with van der Waals surface area (Å²) in [5.41, 5.74) is 5.86. The van der Waals surface area contributed by atoms with Gasteiger partial charge in [-0.05, 0) is 55.8 Å². The van der Waals surface area contributed by atoms with Gasteiger partial charge in [0.1, 0.15) is 5.75 Å².